The number of nitrogens with zero attached hydrogens (tertiary/aromatic N) is 2. The van der Waals surface area contributed by atoms with Crippen LogP contribution in [0.15, 0.2) is 36.4 Å². The zero-order valence-electron chi connectivity index (χ0n) is 15.3. The fourth-order valence-electron chi connectivity index (χ4n) is 3.18. The van der Waals surface area contributed by atoms with Crippen molar-refractivity contribution in [2.45, 2.75) is 13.8 Å². The van der Waals surface area contributed by atoms with Gasteiger partial charge in [-0.15, -0.1) is 0 Å². The first-order chi connectivity index (χ1) is 12.5. The maximum absolute atomic E-state index is 14.6. The smallest absolute Gasteiger partial charge is 0.255 e. The van der Waals surface area contributed by atoms with Gasteiger partial charge in [0.25, 0.3) is 5.91 Å². The van der Waals surface area contributed by atoms with Crippen LogP contribution in [0.5, 0.6) is 0 Å². The third-order valence-corrected chi connectivity index (χ3v) is 4.88. The zero-order valence-corrected chi connectivity index (χ0v) is 15.3. The Labute approximate surface area is 153 Å². The number of carbonyl (C=O) groups is 1. The molecule has 0 aliphatic carbocycles. The second kappa shape index (κ2) is 7.74. The number of piperazine rings is 1. The van der Waals surface area contributed by atoms with Crippen molar-refractivity contribution in [2.24, 2.45) is 0 Å². The van der Waals surface area contributed by atoms with Gasteiger partial charge in [-0.2, -0.15) is 0 Å². The quantitative estimate of drug-likeness (QED) is 0.827. The lowest BCUT2D eigenvalue weighted by molar-refractivity contribution is 0.102. The number of hydrogen-bond donors (Lipinski definition) is 2. The van der Waals surface area contributed by atoms with Gasteiger partial charge in [0.05, 0.1) is 5.69 Å². The molecule has 6 heteroatoms. The maximum Gasteiger partial charge on any atom is 0.255 e. The highest BCUT2D eigenvalue weighted by atomic mass is 19.1. The number of likely N-dealkylation sites (N-methyl/N-ethyl adjacent to an activating group) is 1. The van der Waals surface area contributed by atoms with Crippen LogP contribution in [-0.2, 0) is 0 Å². The summed E-state index contributed by atoms with van der Waals surface area (Å²) in [5, 5.41) is 2.80. The van der Waals surface area contributed by atoms with Crippen molar-refractivity contribution < 1.29 is 9.18 Å². The topological polar surface area (TPSA) is 61.6 Å². The molecule has 0 bridgehead atoms. The van der Waals surface area contributed by atoms with E-state index in [4.69, 9.17) is 5.73 Å². The molecule has 138 valence electrons. The van der Waals surface area contributed by atoms with E-state index in [0.29, 0.717) is 22.6 Å². The Morgan fingerprint density at radius 1 is 1.15 bits per heavy atom. The molecule has 0 saturated carbocycles. The van der Waals surface area contributed by atoms with Gasteiger partial charge in [-0.3, -0.25) is 4.79 Å². The van der Waals surface area contributed by atoms with E-state index in [1.54, 1.807) is 24.3 Å². The van der Waals surface area contributed by atoms with Gasteiger partial charge in [0, 0.05) is 43.1 Å². The van der Waals surface area contributed by atoms with Gasteiger partial charge in [0.2, 0.25) is 0 Å². The van der Waals surface area contributed by atoms with E-state index in [0.717, 1.165) is 38.3 Å². The molecule has 26 heavy (non-hydrogen) atoms. The summed E-state index contributed by atoms with van der Waals surface area (Å²) in [5.41, 5.74) is 8.72. The molecular weight excluding hydrogens is 331 g/mol. The molecule has 1 heterocycles. The van der Waals surface area contributed by atoms with Crippen LogP contribution in [0.4, 0.5) is 21.5 Å². The van der Waals surface area contributed by atoms with Crippen molar-refractivity contribution in [2.75, 3.05) is 48.7 Å². The summed E-state index contributed by atoms with van der Waals surface area (Å²) in [6, 6.07) is 9.98. The summed E-state index contributed by atoms with van der Waals surface area (Å²) in [5.74, 6) is -0.716. The van der Waals surface area contributed by atoms with Gasteiger partial charge in [-0.25, -0.2) is 4.39 Å². The van der Waals surface area contributed by atoms with Crippen LogP contribution in [0.25, 0.3) is 0 Å². The number of rotatable bonds is 4. The first kappa shape index (κ1) is 18.2. The fourth-order valence-corrected chi connectivity index (χ4v) is 3.18. The molecule has 2 aromatic rings. The van der Waals surface area contributed by atoms with E-state index in [1.807, 2.05) is 17.9 Å². The Morgan fingerprint density at radius 2 is 1.88 bits per heavy atom. The van der Waals surface area contributed by atoms with E-state index in [-0.39, 0.29) is 11.7 Å². The number of benzene rings is 2. The van der Waals surface area contributed by atoms with Crippen LogP contribution < -0.4 is 16.0 Å². The Balaban J connectivity index is 1.73. The summed E-state index contributed by atoms with van der Waals surface area (Å²) < 4.78 is 14.6. The zero-order chi connectivity index (χ0) is 18.7. The third-order valence-electron chi connectivity index (χ3n) is 4.88. The molecule has 1 aliphatic rings. The Bertz CT molecular complexity index is 800. The minimum atomic E-state index is -0.369. The van der Waals surface area contributed by atoms with Crippen LogP contribution in [0.3, 0.4) is 0 Å². The molecule has 3 rings (SSSR count). The highest BCUT2D eigenvalue weighted by molar-refractivity contribution is 6.05. The van der Waals surface area contributed by atoms with Gasteiger partial charge in [0.1, 0.15) is 5.82 Å². The molecule has 0 unspecified atom stereocenters. The monoisotopic (exact) mass is 356 g/mol. The highest BCUT2D eigenvalue weighted by Gasteiger charge is 2.19. The predicted octanol–water partition coefficient (Wildman–Crippen LogP) is 3.11. The summed E-state index contributed by atoms with van der Waals surface area (Å²) in [6.07, 6.45) is 0. The lowest BCUT2D eigenvalue weighted by Crippen LogP contribution is -2.46. The molecule has 2 aromatic carbocycles. The molecule has 0 aromatic heterocycles. The Kier molecular flexibility index (Phi) is 5.42. The van der Waals surface area contributed by atoms with Crippen molar-refractivity contribution in [1.29, 1.82) is 0 Å². The molecule has 1 fully saturated rings. The molecule has 0 radical (unpaired) electrons. The van der Waals surface area contributed by atoms with Gasteiger partial charge in [-0.05, 0) is 49.4 Å². The van der Waals surface area contributed by atoms with Crippen molar-refractivity contribution >= 4 is 23.0 Å². The largest absolute Gasteiger partial charge is 0.399 e. The van der Waals surface area contributed by atoms with E-state index in [1.165, 1.54) is 6.07 Å². The lowest BCUT2D eigenvalue weighted by atomic mass is 10.1. The molecule has 5 nitrogen and oxygen atoms in total. The second-order valence-electron chi connectivity index (χ2n) is 6.62. The first-order valence-corrected chi connectivity index (χ1v) is 8.92. The van der Waals surface area contributed by atoms with E-state index in [2.05, 4.69) is 17.1 Å². The average molecular weight is 356 g/mol. The predicted molar refractivity (Wildman–Crippen MR) is 104 cm³/mol. The van der Waals surface area contributed by atoms with Gasteiger partial charge in [0.15, 0.2) is 0 Å². The number of nitrogens with one attached hydrogen (secondary N) is 1. The minimum absolute atomic E-state index is 0.292. The lowest BCUT2D eigenvalue weighted by Gasteiger charge is -2.35. The van der Waals surface area contributed by atoms with Crippen molar-refractivity contribution in [3.63, 3.8) is 0 Å². The van der Waals surface area contributed by atoms with Crippen LogP contribution in [0.1, 0.15) is 22.8 Å². The number of hydrogen-bond acceptors (Lipinski definition) is 4. The molecule has 0 atom stereocenters. The number of halogens is 1. The minimum Gasteiger partial charge on any atom is -0.399 e. The van der Waals surface area contributed by atoms with Crippen molar-refractivity contribution in [3.05, 3.63) is 53.3 Å². The highest BCUT2D eigenvalue weighted by Crippen LogP contribution is 2.24. The fraction of sp³-hybridized carbons (Fsp3) is 0.350. The van der Waals surface area contributed by atoms with E-state index in [9.17, 15) is 9.18 Å². The molecule has 1 aliphatic heterocycles. The standard InChI is InChI=1S/C20H25FN4O/c1-3-24-8-10-25(11-9-24)19-7-5-15(12-17(19)21)20(26)23-18-13-16(22)6-4-14(18)2/h4-7,12-13H,3,8-11,22H2,1-2H3,(H,23,26). The number of anilines is 3. The number of amides is 1. The molecular formula is C20H25FN4O. The van der Waals surface area contributed by atoms with Gasteiger partial charge < -0.3 is 20.9 Å². The number of nitrogen functional groups attached to an aromatic ring is 1. The number of nitrogens with two attached hydrogens (primary N) is 1. The molecule has 1 saturated heterocycles. The Morgan fingerprint density at radius 3 is 2.54 bits per heavy atom. The van der Waals surface area contributed by atoms with Gasteiger partial charge in [-0.1, -0.05) is 13.0 Å². The summed E-state index contributed by atoms with van der Waals surface area (Å²) in [4.78, 5) is 16.8. The van der Waals surface area contributed by atoms with Crippen LogP contribution in [0, 0.1) is 12.7 Å². The SMILES string of the molecule is CCN1CCN(c2ccc(C(=O)Nc3cc(N)ccc3C)cc2F)CC1. The first-order valence-electron chi connectivity index (χ1n) is 8.92. The van der Waals surface area contributed by atoms with E-state index < -0.39 is 0 Å². The van der Waals surface area contributed by atoms with Gasteiger partial charge >= 0.3 is 0 Å². The van der Waals surface area contributed by atoms with Crippen LogP contribution >= 0.6 is 0 Å². The number of aryl methyl sites for hydroxylation is 1. The summed E-state index contributed by atoms with van der Waals surface area (Å²) in [7, 11) is 0. The number of carbonyl (C=O) groups excluding carboxylic acids is 1. The van der Waals surface area contributed by atoms with Crippen molar-refractivity contribution in [3.8, 4) is 0 Å². The summed E-state index contributed by atoms with van der Waals surface area (Å²) in [6.45, 7) is 8.45. The molecule has 3 N–H and O–H groups in total. The van der Waals surface area contributed by atoms with E-state index >= 15 is 0 Å². The Hall–Kier alpha value is -2.60. The molecule has 0 spiro atoms. The van der Waals surface area contributed by atoms with Crippen molar-refractivity contribution in [1.82, 2.24) is 4.90 Å². The maximum atomic E-state index is 14.6. The third kappa shape index (κ3) is 3.96. The van der Waals surface area contributed by atoms with Crippen LogP contribution in [0.2, 0.25) is 0 Å². The second-order valence-corrected chi connectivity index (χ2v) is 6.62. The van der Waals surface area contributed by atoms with Crippen LogP contribution in [-0.4, -0.2) is 43.5 Å². The molecule has 1 amide bonds. The normalized spacial score (nSPS) is 15.1. The summed E-state index contributed by atoms with van der Waals surface area (Å²) >= 11 is 0. The average Bonchev–Trinajstić information content (AvgIpc) is 2.64.